The van der Waals surface area contributed by atoms with E-state index in [4.69, 9.17) is 0 Å². The number of rotatable bonds is 6. The Morgan fingerprint density at radius 2 is 1.00 bits per heavy atom. The van der Waals surface area contributed by atoms with Crippen LogP contribution >= 0.6 is 0 Å². The van der Waals surface area contributed by atoms with Gasteiger partial charge in [-0.25, -0.2) is 26.3 Å². The molecule has 2 aromatic heterocycles. The highest BCUT2D eigenvalue weighted by Crippen LogP contribution is 2.25. The number of sulfonamides is 2. The van der Waals surface area contributed by atoms with Gasteiger partial charge in [0.05, 0.1) is 22.8 Å². The van der Waals surface area contributed by atoms with E-state index < -0.39 is 20.0 Å². The zero-order valence-electron chi connectivity index (χ0n) is 18.2. The first-order valence-electron chi connectivity index (χ1n) is 9.88. The van der Waals surface area contributed by atoms with Gasteiger partial charge in [-0.15, -0.1) is 0 Å². The van der Waals surface area contributed by atoms with Gasteiger partial charge in [-0.05, 0) is 53.4 Å². The number of aryl methyl sites for hydroxylation is 4. The van der Waals surface area contributed by atoms with E-state index in [2.05, 4.69) is 19.6 Å². The topological polar surface area (TPSA) is 128 Å². The first kappa shape index (κ1) is 22.9. The van der Waals surface area contributed by atoms with Crippen LogP contribution in [0.4, 0.5) is 0 Å². The lowest BCUT2D eigenvalue weighted by atomic mass is 9.92. The van der Waals surface area contributed by atoms with Crippen molar-refractivity contribution in [3.63, 3.8) is 0 Å². The fourth-order valence-corrected chi connectivity index (χ4v) is 7.66. The van der Waals surface area contributed by atoms with Crippen LogP contribution in [-0.4, -0.2) is 48.5 Å². The largest absolute Gasteiger partial charge is 0.271 e. The molecule has 1 saturated carbocycles. The van der Waals surface area contributed by atoms with Gasteiger partial charge in [0.1, 0.15) is 9.79 Å². The van der Waals surface area contributed by atoms with Crippen molar-refractivity contribution in [1.29, 1.82) is 0 Å². The molecule has 2 heterocycles. The van der Waals surface area contributed by atoms with E-state index in [-0.39, 0.29) is 21.9 Å². The molecule has 2 N–H and O–H groups in total. The molecule has 0 aromatic carbocycles. The van der Waals surface area contributed by atoms with Gasteiger partial charge in [0.2, 0.25) is 20.0 Å². The molecule has 0 aliphatic heterocycles. The summed E-state index contributed by atoms with van der Waals surface area (Å²) in [5.74, 6) is 0. The maximum absolute atomic E-state index is 12.8. The van der Waals surface area contributed by atoms with Crippen LogP contribution in [0, 0.1) is 27.7 Å². The molecule has 10 nitrogen and oxygen atoms in total. The molecular formula is C18H30N6O4S2. The standard InChI is InChI=1S/C18H30N6O4S2/c1-11-17(13(3)23(5)19-11)29(25,26)21-15-7-9-16(10-8-15)22-30(27,28)18-12(2)20-24(6)14(18)4/h15-16,21-22H,7-10H2,1-6H3. The molecule has 0 radical (unpaired) electrons. The van der Waals surface area contributed by atoms with Gasteiger partial charge in [0.15, 0.2) is 0 Å². The Kier molecular flexibility index (Phi) is 6.16. The van der Waals surface area contributed by atoms with Gasteiger partial charge in [0, 0.05) is 26.2 Å². The number of aromatic nitrogens is 4. The molecule has 1 fully saturated rings. The van der Waals surface area contributed by atoms with Gasteiger partial charge < -0.3 is 0 Å². The first-order valence-corrected chi connectivity index (χ1v) is 12.8. The van der Waals surface area contributed by atoms with Crippen molar-refractivity contribution in [1.82, 2.24) is 29.0 Å². The molecule has 0 amide bonds. The molecule has 1 aliphatic carbocycles. The molecule has 0 saturated heterocycles. The first-order chi connectivity index (χ1) is 13.8. The SMILES string of the molecule is Cc1nn(C)c(C)c1S(=O)(=O)NC1CCC(NS(=O)(=O)c2c(C)nn(C)c2C)CC1. The maximum Gasteiger partial charge on any atom is 0.244 e. The number of nitrogens with one attached hydrogen (secondary N) is 2. The fourth-order valence-electron chi connectivity index (χ4n) is 4.17. The molecule has 30 heavy (non-hydrogen) atoms. The average Bonchev–Trinajstić information content (AvgIpc) is 3.03. The summed E-state index contributed by atoms with van der Waals surface area (Å²) in [6.07, 6.45) is 2.21. The minimum atomic E-state index is -3.69. The summed E-state index contributed by atoms with van der Waals surface area (Å²) in [5.41, 5.74) is 2.10. The van der Waals surface area contributed by atoms with E-state index in [1.807, 2.05) is 0 Å². The molecule has 0 bridgehead atoms. The van der Waals surface area contributed by atoms with Crippen molar-refractivity contribution in [2.45, 2.75) is 75.3 Å². The number of nitrogens with zero attached hydrogens (tertiary/aromatic N) is 4. The molecule has 1 aliphatic rings. The van der Waals surface area contributed by atoms with Gasteiger partial charge >= 0.3 is 0 Å². The van der Waals surface area contributed by atoms with E-state index in [0.717, 1.165) is 0 Å². The van der Waals surface area contributed by atoms with E-state index in [1.165, 1.54) is 0 Å². The highest BCUT2D eigenvalue weighted by Gasteiger charge is 2.32. The van der Waals surface area contributed by atoms with Crippen molar-refractivity contribution in [2.75, 3.05) is 0 Å². The van der Waals surface area contributed by atoms with Crippen LogP contribution in [0.25, 0.3) is 0 Å². The minimum absolute atomic E-state index is 0.218. The summed E-state index contributed by atoms with van der Waals surface area (Å²) in [6, 6.07) is -0.478. The quantitative estimate of drug-likeness (QED) is 0.663. The predicted octanol–water partition coefficient (Wildman–Crippen LogP) is 0.955. The lowest BCUT2D eigenvalue weighted by Crippen LogP contribution is -2.44. The third-order valence-corrected chi connectivity index (χ3v) is 9.34. The second kappa shape index (κ2) is 8.06. The van der Waals surface area contributed by atoms with Crippen LogP contribution in [0.2, 0.25) is 0 Å². The summed E-state index contributed by atoms with van der Waals surface area (Å²) in [5, 5.41) is 8.36. The van der Waals surface area contributed by atoms with Gasteiger partial charge in [-0.3, -0.25) is 9.36 Å². The Morgan fingerprint density at radius 1 is 0.700 bits per heavy atom. The van der Waals surface area contributed by atoms with Crippen molar-refractivity contribution in [3.8, 4) is 0 Å². The Balaban J connectivity index is 1.65. The van der Waals surface area contributed by atoms with Crippen molar-refractivity contribution in [3.05, 3.63) is 22.8 Å². The summed E-state index contributed by atoms with van der Waals surface area (Å²) >= 11 is 0. The summed E-state index contributed by atoms with van der Waals surface area (Å²) in [4.78, 5) is 0.436. The van der Waals surface area contributed by atoms with Crippen LogP contribution < -0.4 is 9.44 Å². The van der Waals surface area contributed by atoms with Crippen molar-refractivity contribution < 1.29 is 16.8 Å². The average molecular weight is 459 g/mol. The third kappa shape index (κ3) is 4.32. The van der Waals surface area contributed by atoms with Crippen LogP contribution in [0.1, 0.15) is 48.5 Å². The highest BCUT2D eigenvalue weighted by molar-refractivity contribution is 7.90. The molecule has 2 aromatic rings. The summed E-state index contributed by atoms with van der Waals surface area (Å²) in [6.45, 7) is 6.80. The fraction of sp³-hybridized carbons (Fsp3) is 0.667. The minimum Gasteiger partial charge on any atom is -0.271 e. The lowest BCUT2D eigenvalue weighted by Gasteiger charge is -2.29. The number of hydrogen-bond donors (Lipinski definition) is 2. The van der Waals surface area contributed by atoms with Crippen molar-refractivity contribution in [2.24, 2.45) is 14.1 Å². The van der Waals surface area contributed by atoms with Crippen LogP contribution in [-0.2, 0) is 34.1 Å². The Labute approximate surface area is 178 Å². The maximum atomic E-state index is 12.8. The summed E-state index contributed by atoms with van der Waals surface area (Å²) in [7, 11) is -3.95. The smallest absolute Gasteiger partial charge is 0.244 e. The van der Waals surface area contributed by atoms with Crippen LogP contribution in [0.5, 0.6) is 0 Å². The molecule has 0 unspecified atom stereocenters. The van der Waals surface area contributed by atoms with E-state index >= 15 is 0 Å². The second-order valence-corrected chi connectivity index (χ2v) is 11.3. The Bertz CT molecular complexity index is 1060. The monoisotopic (exact) mass is 458 g/mol. The zero-order chi connectivity index (χ0) is 22.4. The zero-order valence-corrected chi connectivity index (χ0v) is 19.9. The molecular weight excluding hydrogens is 428 g/mol. The van der Waals surface area contributed by atoms with Gasteiger partial charge in [0.25, 0.3) is 0 Å². The second-order valence-electron chi connectivity index (χ2n) is 8.04. The Morgan fingerprint density at radius 3 is 1.23 bits per heavy atom. The van der Waals surface area contributed by atoms with E-state index in [1.54, 1.807) is 51.2 Å². The molecule has 168 valence electrons. The van der Waals surface area contributed by atoms with Crippen molar-refractivity contribution >= 4 is 20.0 Å². The third-order valence-electron chi connectivity index (χ3n) is 5.79. The highest BCUT2D eigenvalue weighted by atomic mass is 32.2. The lowest BCUT2D eigenvalue weighted by molar-refractivity contribution is 0.355. The van der Waals surface area contributed by atoms with Gasteiger partial charge in [-0.2, -0.15) is 10.2 Å². The number of hydrogen-bond acceptors (Lipinski definition) is 6. The Hall–Kier alpha value is -1.76. The molecule has 0 atom stereocenters. The van der Waals surface area contributed by atoms with Gasteiger partial charge in [-0.1, -0.05) is 0 Å². The van der Waals surface area contributed by atoms with E-state index in [0.29, 0.717) is 48.5 Å². The predicted molar refractivity (Wildman–Crippen MR) is 112 cm³/mol. The van der Waals surface area contributed by atoms with Crippen LogP contribution in [0.15, 0.2) is 9.79 Å². The van der Waals surface area contributed by atoms with E-state index in [9.17, 15) is 16.8 Å². The normalized spacial score (nSPS) is 20.6. The summed E-state index contributed by atoms with van der Waals surface area (Å²) < 4.78 is 60.0. The molecule has 12 heteroatoms. The molecule has 3 rings (SSSR count). The molecule has 0 spiro atoms. The van der Waals surface area contributed by atoms with Crippen LogP contribution in [0.3, 0.4) is 0 Å².